The normalized spacial score (nSPS) is 13.4. The van der Waals surface area contributed by atoms with Gasteiger partial charge in [0.15, 0.2) is 5.16 Å². The number of aromatic nitrogens is 2. The maximum atomic E-state index is 13.2. The Morgan fingerprint density at radius 3 is 2.94 bits per heavy atom. The van der Waals surface area contributed by atoms with Gasteiger partial charge in [0, 0.05) is 37.3 Å². The van der Waals surface area contributed by atoms with Crippen molar-refractivity contribution in [3.63, 3.8) is 0 Å². The number of carbonyl (C=O) groups excluding carboxylic acids is 1. The molecule has 0 atom stereocenters. The number of rotatable bonds is 7. The lowest BCUT2D eigenvalue weighted by atomic mass is 10.1. The molecule has 0 fully saturated rings. The number of para-hydroxylation sites is 1. The Balaban J connectivity index is 1.38. The Morgan fingerprint density at radius 2 is 2.12 bits per heavy atom. The molecule has 2 heterocycles. The number of carbonyl (C=O) groups is 1. The van der Waals surface area contributed by atoms with Crippen LogP contribution < -0.4 is 15.6 Å². The number of nitrogens with zero attached hydrogens (tertiary/aromatic N) is 2. The molecule has 0 bridgehead atoms. The molecule has 0 unspecified atom stereocenters. The quantitative estimate of drug-likeness (QED) is 0.421. The van der Waals surface area contributed by atoms with Crippen LogP contribution in [0.1, 0.15) is 16.8 Å². The fourth-order valence-corrected chi connectivity index (χ4v) is 4.31. The standard InChI is InChI=1S/C23H23FN4O3S/c1-31-20-8-3-2-5-15(20)12-28-10-9-19-18(13-28)22(30)27-23(26-19)32-14-21(29)25-17-7-4-6-16(24)11-17/h2-8,11H,9-10,12-14H2,1H3,(H,25,29)(H,26,27,30). The lowest BCUT2D eigenvalue weighted by Gasteiger charge is -2.28. The van der Waals surface area contributed by atoms with Gasteiger partial charge in [0.1, 0.15) is 11.6 Å². The zero-order chi connectivity index (χ0) is 22.5. The molecule has 1 aliphatic rings. The number of halogens is 1. The summed E-state index contributed by atoms with van der Waals surface area (Å²) < 4.78 is 18.7. The first-order chi connectivity index (χ1) is 15.5. The predicted octanol–water partition coefficient (Wildman–Crippen LogP) is 3.21. The van der Waals surface area contributed by atoms with Crippen LogP contribution >= 0.6 is 11.8 Å². The van der Waals surface area contributed by atoms with Crippen molar-refractivity contribution >= 4 is 23.4 Å². The molecule has 0 radical (unpaired) electrons. The zero-order valence-electron chi connectivity index (χ0n) is 17.6. The predicted molar refractivity (Wildman–Crippen MR) is 121 cm³/mol. The number of ether oxygens (including phenoxy) is 1. The van der Waals surface area contributed by atoms with Crippen LogP contribution in [0.3, 0.4) is 0 Å². The minimum Gasteiger partial charge on any atom is -0.496 e. The molecule has 0 aliphatic carbocycles. The van der Waals surface area contributed by atoms with E-state index < -0.39 is 5.82 Å². The van der Waals surface area contributed by atoms with Crippen LogP contribution in [-0.4, -0.2) is 40.2 Å². The smallest absolute Gasteiger partial charge is 0.256 e. The van der Waals surface area contributed by atoms with E-state index >= 15 is 0 Å². The fraction of sp³-hybridized carbons (Fsp3) is 0.261. The van der Waals surface area contributed by atoms with Crippen LogP contribution in [0.25, 0.3) is 0 Å². The molecule has 1 aromatic heterocycles. The minimum atomic E-state index is -0.420. The first kappa shape index (κ1) is 22.0. The van der Waals surface area contributed by atoms with Gasteiger partial charge >= 0.3 is 0 Å². The number of anilines is 1. The molecule has 2 aromatic carbocycles. The number of hydrogen-bond acceptors (Lipinski definition) is 6. The number of nitrogens with one attached hydrogen (secondary N) is 2. The number of thioether (sulfide) groups is 1. The Bertz CT molecular complexity index is 1180. The van der Waals surface area contributed by atoms with E-state index in [1.165, 1.54) is 18.2 Å². The molecular weight excluding hydrogens is 431 g/mol. The number of methoxy groups -OCH3 is 1. The van der Waals surface area contributed by atoms with Crippen LogP contribution in [0.15, 0.2) is 58.5 Å². The summed E-state index contributed by atoms with van der Waals surface area (Å²) in [5.41, 5.74) is 2.68. The summed E-state index contributed by atoms with van der Waals surface area (Å²) in [6.07, 6.45) is 0.650. The van der Waals surface area contributed by atoms with E-state index in [1.54, 1.807) is 13.2 Å². The fourth-order valence-electron chi connectivity index (χ4n) is 3.63. The molecule has 1 aliphatic heterocycles. The summed E-state index contributed by atoms with van der Waals surface area (Å²) in [5.74, 6) is 0.159. The molecular formula is C23H23FN4O3S. The van der Waals surface area contributed by atoms with Gasteiger partial charge in [-0.2, -0.15) is 0 Å². The van der Waals surface area contributed by atoms with Crippen LogP contribution in [0.2, 0.25) is 0 Å². The number of hydrogen-bond donors (Lipinski definition) is 2. The van der Waals surface area contributed by atoms with E-state index in [9.17, 15) is 14.0 Å². The van der Waals surface area contributed by atoms with E-state index in [0.717, 1.165) is 35.3 Å². The summed E-state index contributed by atoms with van der Waals surface area (Å²) in [6, 6.07) is 13.5. The van der Waals surface area contributed by atoms with Crippen molar-refractivity contribution in [1.29, 1.82) is 0 Å². The maximum absolute atomic E-state index is 13.2. The van der Waals surface area contributed by atoms with Crippen molar-refractivity contribution in [3.05, 3.63) is 81.5 Å². The summed E-state index contributed by atoms with van der Waals surface area (Å²) in [5, 5.41) is 3.04. The van der Waals surface area contributed by atoms with E-state index in [0.29, 0.717) is 35.9 Å². The van der Waals surface area contributed by atoms with Gasteiger partial charge in [-0.25, -0.2) is 9.37 Å². The molecule has 9 heteroatoms. The number of aromatic amines is 1. The van der Waals surface area contributed by atoms with Gasteiger partial charge in [0.25, 0.3) is 5.56 Å². The minimum absolute atomic E-state index is 0.0537. The summed E-state index contributed by atoms with van der Waals surface area (Å²) in [6.45, 7) is 1.95. The SMILES string of the molecule is COc1ccccc1CN1CCc2nc(SCC(=O)Nc3cccc(F)c3)[nH]c(=O)c2C1. The highest BCUT2D eigenvalue weighted by Crippen LogP contribution is 2.23. The van der Waals surface area contributed by atoms with E-state index in [2.05, 4.69) is 20.2 Å². The van der Waals surface area contributed by atoms with E-state index in [-0.39, 0.29) is 17.2 Å². The third kappa shape index (κ3) is 5.35. The number of benzene rings is 2. The van der Waals surface area contributed by atoms with E-state index in [1.807, 2.05) is 24.3 Å². The topological polar surface area (TPSA) is 87.3 Å². The lowest BCUT2D eigenvalue weighted by molar-refractivity contribution is -0.113. The van der Waals surface area contributed by atoms with Crippen molar-refractivity contribution in [2.24, 2.45) is 0 Å². The molecule has 2 N–H and O–H groups in total. The molecule has 0 spiro atoms. The van der Waals surface area contributed by atoms with Crippen LogP contribution in [0.4, 0.5) is 10.1 Å². The summed E-state index contributed by atoms with van der Waals surface area (Å²) in [7, 11) is 1.65. The van der Waals surface area contributed by atoms with Gasteiger partial charge in [-0.15, -0.1) is 0 Å². The van der Waals surface area contributed by atoms with Crippen molar-refractivity contribution in [2.45, 2.75) is 24.7 Å². The van der Waals surface area contributed by atoms with Crippen LogP contribution in [0.5, 0.6) is 5.75 Å². The van der Waals surface area contributed by atoms with Crippen molar-refractivity contribution in [3.8, 4) is 5.75 Å². The summed E-state index contributed by atoms with van der Waals surface area (Å²) >= 11 is 1.14. The molecule has 0 saturated heterocycles. The number of fused-ring (bicyclic) bond motifs is 1. The van der Waals surface area contributed by atoms with E-state index in [4.69, 9.17) is 4.74 Å². The average molecular weight is 455 g/mol. The van der Waals surface area contributed by atoms with Crippen molar-refractivity contribution in [1.82, 2.24) is 14.9 Å². The zero-order valence-corrected chi connectivity index (χ0v) is 18.4. The molecule has 166 valence electrons. The first-order valence-electron chi connectivity index (χ1n) is 10.2. The van der Waals surface area contributed by atoms with Gasteiger partial charge in [-0.3, -0.25) is 14.5 Å². The maximum Gasteiger partial charge on any atom is 0.256 e. The first-order valence-corrected chi connectivity index (χ1v) is 11.1. The molecule has 0 saturated carbocycles. The number of amides is 1. The highest BCUT2D eigenvalue weighted by atomic mass is 32.2. The van der Waals surface area contributed by atoms with Crippen LogP contribution in [0, 0.1) is 5.82 Å². The molecule has 1 amide bonds. The summed E-state index contributed by atoms with van der Waals surface area (Å²) in [4.78, 5) is 34.4. The molecule has 4 rings (SSSR count). The Morgan fingerprint density at radius 1 is 1.28 bits per heavy atom. The third-order valence-electron chi connectivity index (χ3n) is 5.16. The highest BCUT2D eigenvalue weighted by molar-refractivity contribution is 7.99. The lowest BCUT2D eigenvalue weighted by Crippen LogP contribution is -2.35. The Labute approximate surface area is 189 Å². The van der Waals surface area contributed by atoms with Gasteiger partial charge in [0.2, 0.25) is 5.91 Å². The number of H-pyrrole nitrogens is 1. The highest BCUT2D eigenvalue weighted by Gasteiger charge is 2.22. The Hall–Kier alpha value is -3.17. The van der Waals surface area contributed by atoms with Gasteiger partial charge in [-0.05, 0) is 24.3 Å². The largest absolute Gasteiger partial charge is 0.496 e. The van der Waals surface area contributed by atoms with Crippen molar-refractivity contribution in [2.75, 3.05) is 24.7 Å². The van der Waals surface area contributed by atoms with Gasteiger partial charge in [0.05, 0.1) is 24.1 Å². The average Bonchev–Trinajstić information content (AvgIpc) is 2.78. The van der Waals surface area contributed by atoms with Gasteiger partial charge in [-0.1, -0.05) is 36.0 Å². The molecule has 32 heavy (non-hydrogen) atoms. The van der Waals surface area contributed by atoms with Crippen molar-refractivity contribution < 1.29 is 13.9 Å². The molecule has 3 aromatic rings. The molecule has 7 nitrogen and oxygen atoms in total. The second-order valence-corrected chi connectivity index (χ2v) is 8.38. The van der Waals surface area contributed by atoms with Gasteiger partial charge < -0.3 is 15.0 Å². The van der Waals surface area contributed by atoms with Crippen LogP contribution in [-0.2, 0) is 24.3 Å². The Kier molecular flexibility index (Phi) is 6.87. The monoisotopic (exact) mass is 454 g/mol. The second kappa shape index (κ2) is 9.97. The third-order valence-corrected chi connectivity index (χ3v) is 6.03. The second-order valence-electron chi connectivity index (χ2n) is 7.42.